The molecule has 4 nitrogen and oxygen atoms in total. The Kier molecular flexibility index (Phi) is 6.19. The van der Waals surface area contributed by atoms with Crippen molar-refractivity contribution in [3.63, 3.8) is 0 Å². The lowest BCUT2D eigenvalue weighted by Crippen LogP contribution is -2.40. The van der Waals surface area contributed by atoms with E-state index < -0.39 is 0 Å². The molecule has 1 aromatic heterocycles. The third-order valence-electron chi connectivity index (χ3n) is 5.66. The van der Waals surface area contributed by atoms with Gasteiger partial charge in [0.25, 0.3) is 0 Å². The normalized spacial score (nSPS) is 16.5. The van der Waals surface area contributed by atoms with Crippen LogP contribution in [0, 0.1) is 5.82 Å². The molecule has 5 heteroatoms. The van der Waals surface area contributed by atoms with Gasteiger partial charge in [0.1, 0.15) is 5.82 Å². The largest absolute Gasteiger partial charge is 0.392 e. The van der Waals surface area contributed by atoms with Crippen LogP contribution in [-0.4, -0.2) is 34.0 Å². The second-order valence-electron chi connectivity index (χ2n) is 7.78. The molecule has 4 rings (SSSR count). The summed E-state index contributed by atoms with van der Waals surface area (Å²) in [4.78, 5) is 19.5. The maximum atomic E-state index is 13.1. The van der Waals surface area contributed by atoms with Gasteiger partial charge in [-0.2, -0.15) is 0 Å². The van der Waals surface area contributed by atoms with Gasteiger partial charge in [-0.25, -0.2) is 4.39 Å². The number of aromatic nitrogens is 1. The lowest BCUT2D eigenvalue weighted by atomic mass is 9.93. The molecule has 0 aliphatic carbocycles. The van der Waals surface area contributed by atoms with Gasteiger partial charge < -0.3 is 10.0 Å². The smallest absolute Gasteiger partial charge is 0.227 e. The Labute approximate surface area is 176 Å². The summed E-state index contributed by atoms with van der Waals surface area (Å²) < 4.78 is 13.1. The van der Waals surface area contributed by atoms with Gasteiger partial charge in [-0.3, -0.25) is 9.78 Å². The average molecular weight is 404 g/mol. The number of carbonyl (C=O) groups is 1. The molecule has 1 fully saturated rings. The van der Waals surface area contributed by atoms with E-state index in [0.29, 0.717) is 6.54 Å². The fourth-order valence-corrected chi connectivity index (χ4v) is 3.95. The van der Waals surface area contributed by atoms with E-state index in [1.807, 2.05) is 47.4 Å². The minimum atomic E-state index is -0.291. The Morgan fingerprint density at radius 1 is 1.03 bits per heavy atom. The van der Waals surface area contributed by atoms with Crippen molar-refractivity contribution in [1.82, 2.24) is 9.88 Å². The van der Waals surface area contributed by atoms with Crippen molar-refractivity contribution in [2.45, 2.75) is 31.8 Å². The van der Waals surface area contributed by atoms with Gasteiger partial charge in [-0.15, -0.1) is 0 Å². The highest BCUT2D eigenvalue weighted by atomic mass is 19.1. The number of rotatable bonds is 5. The van der Waals surface area contributed by atoms with Crippen LogP contribution in [-0.2, 0) is 17.8 Å². The van der Waals surface area contributed by atoms with Gasteiger partial charge in [0.05, 0.1) is 18.7 Å². The second kappa shape index (κ2) is 9.18. The third kappa shape index (κ3) is 4.74. The molecule has 3 aromatic rings. The Balaban J connectivity index is 1.46. The van der Waals surface area contributed by atoms with E-state index in [9.17, 15) is 14.3 Å². The molecule has 0 spiro atoms. The van der Waals surface area contributed by atoms with Crippen LogP contribution in [0.4, 0.5) is 4.39 Å². The molecule has 1 amide bonds. The summed E-state index contributed by atoms with van der Waals surface area (Å²) >= 11 is 0. The maximum Gasteiger partial charge on any atom is 0.227 e. The Bertz CT molecular complexity index is 1000. The van der Waals surface area contributed by atoms with Gasteiger partial charge in [0.2, 0.25) is 5.91 Å². The van der Waals surface area contributed by atoms with E-state index in [4.69, 9.17) is 4.98 Å². The molecule has 1 N–H and O–H groups in total. The zero-order valence-electron chi connectivity index (χ0n) is 16.8. The van der Waals surface area contributed by atoms with Crippen molar-refractivity contribution < 1.29 is 14.3 Å². The first-order valence-electron chi connectivity index (χ1n) is 10.3. The summed E-state index contributed by atoms with van der Waals surface area (Å²) in [5.74, 6) is -0.0177. The summed E-state index contributed by atoms with van der Waals surface area (Å²) in [5, 5.41) is 9.22. The quantitative estimate of drug-likeness (QED) is 0.689. The predicted molar refractivity (Wildman–Crippen MR) is 114 cm³/mol. The molecule has 0 radical (unpaired) electrons. The Morgan fingerprint density at radius 2 is 1.77 bits per heavy atom. The zero-order valence-corrected chi connectivity index (χ0v) is 16.8. The predicted octanol–water partition coefficient (Wildman–Crippen LogP) is 4.33. The van der Waals surface area contributed by atoms with Crippen molar-refractivity contribution in [3.05, 3.63) is 89.4 Å². The first-order valence-corrected chi connectivity index (χ1v) is 10.3. The van der Waals surface area contributed by atoms with E-state index in [1.54, 1.807) is 12.1 Å². The van der Waals surface area contributed by atoms with Gasteiger partial charge in [0, 0.05) is 30.3 Å². The van der Waals surface area contributed by atoms with Crippen LogP contribution in [0.2, 0.25) is 0 Å². The number of nitrogens with zero attached hydrogens (tertiary/aromatic N) is 2. The van der Waals surface area contributed by atoms with E-state index in [0.717, 1.165) is 47.5 Å². The highest BCUT2D eigenvalue weighted by molar-refractivity contribution is 5.79. The number of piperidine rings is 1. The summed E-state index contributed by atoms with van der Waals surface area (Å²) in [6.07, 6.45) is 2.23. The summed E-state index contributed by atoms with van der Waals surface area (Å²) in [6, 6.07) is 19.9. The molecule has 1 aliphatic rings. The molecule has 154 valence electrons. The third-order valence-corrected chi connectivity index (χ3v) is 5.66. The molecule has 0 saturated carbocycles. The van der Waals surface area contributed by atoms with Gasteiger partial charge in [0.15, 0.2) is 0 Å². The number of aliphatic hydroxyl groups is 1. The molecule has 0 bridgehead atoms. The van der Waals surface area contributed by atoms with Crippen molar-refractivity contribution >= 4 is 5.91 Å². The maximum absolute atomic E-state index is 13.1. The van der Waals surface area contributed by atoms with Gasteiger partial charge in [-0.1, -0.05) is 42.5 Å². The minimum absolute atomic E-state index is 0.0254. The van der Waals surface area contributed by atoms with Gasteiger partial charge >= 0.3 is 0 Å². The highest BCUT2D eigenvalue weighted by Gasteiger charge is 2.25. The molecule has 1 aliphatic heterocycles. The molecule has 0 unspecified atom stereocenters. The van der Waals surface area contributed by atoms with Crippen molar-refractivity contribution in [2.75, 3.05) is 13.1 Å². The zero-order chi connectivity index (χ0) is 20.9. The molecule has 2 heterocycles. The standard InChI is InChI=1S/C25H25FN2O2/c26-22-12-8-18(9-13-22)15-25(30)28-14-2-3-21(16-28)24-5-1-4-23(27-24)20-10-6-19(17-29)7-11-20/h1,4-13,21,29H,2-3,14-17H2/t21-/m1/s1. The van der Waals surface area contributed by atoms with Crippen LogP contribution < -0.4 is 0 Å². The van der Waals surface area contributed by atoms with Crippen LogP contribution in [0.25, 0.3) is 11.3 Å². The van der Waals surface area contributed by atoms with Crippen LogP contribution in [0.5, 0.6) is 0 Å². The number of hydrogen-bond acceptors (Lipinski definition) is 3. The van der Waals surface area contributed by atoms with E-state index in [2.05, 4.69) is 0 Å². The minimum Gasteiger partial charge on any atom is -0.392 e. The number of aliphatic hydroxyl groups excluding tert-OH is 1. The first-order chi connectivity index (χ1) is 14.6. The fraction of sp³-hybridized carbons (Fsp3) is 0.280. The topological polar surface area (TPSA) is 53.4 Å². The molecular formula is C25H25FN2O2. The SMILES string of the molecule is O=C(Cc1ccc(F)cc1)N1CCC[C@@H](c2cccc(-c3ccc(CO)cc3)n2)C1. The number of halogens is 1. The summed E-state index contributed by atoms with van der Waals surface area (Å²) in [7, 11) is 0. The molecule has 1 atom stereocenters. The molecule has 30 heavy (non-hydrogen) atoms. The van der Waals surface area contributed by atoms with E-state index in [-0.39, 0.29) is 30.7 Å². The lowest BCUT2D eigenvalue weighted by Gasteiger charge is -2.32. The van der Waals surface area contributed by atoms with Crippen molar-refractivity contribution in [2.24, 2.45) is 0 Å². The number of pyridine rings is 1. The van der Waals surface area contributed by atoms with Crippen molar-refractivity contribution in [1.29, 1.82) is 0 Å². The fourth-order valence-electron chi connectivity index (χ4n) is 3.95. The van der Waals surface area contributed by atoms with Crippen LogP contribution in [0.3, 0.4) is 0 Å². The number of carbonyl (C=O) groups excluding carboxylic acids is 1. The lowest BCUT2D eigenvalue weighted by molar-refractivity contribution is -0.131. The van der Waals surface area contributed by atoms with E-state index in [1.165, 1.54) is 12.1 Å². The number of amides is 1. The summed E-state index contributed by atoms with van der Waals surface area (Å²) in [6.45, 7) is 1.43. The Hall–Kier alpha value is -3.05. The van der Waals surface area contributed by atoms with E-state index >= 15 is 0 Å². The van der Waals surface area contributed by atoms with Crippen LogP contribution >= 0.6 is 0 Å². The number of likely N-dealkylation sites (tertiary alicyclic amines) is 1. The monoisotopic (exact) mass is 404 g/mol. The number of benzene rings is 2. The molecular weight excluding hydrogens is 379 g/mol. The van der Waals surface area contributed by atoms with Gasteiger partial charge in [-0.05, 0) is 48.2 Å². The molecule has 2 aromatic carbocycles. The Morgan fingerprint density at radius 3 is 2.50 bits per heavy atom. The van der Waals surface area contributed by atoms with Crippen LogP contribution in [0.15, 0.2) is 66.7 Å². The molecule has 1 saturated heterocycles. The van der Waals surface area contributed by atoms with Crippen molar-refractivity contribution in [3.8, 4) is 11.3 Å². The average Bonchev–Trinajstić information content (AvgIpc) is 2.81. The second-order valence-corrected chi connectivity index (χ2v) is 7.78. The highest BCUT2D eigenvalue weighted by Crippen LogP contribution is 2.28. The summed E-state index contributed by atoms with van der Waals surface area (Å²) in [5.41, 5.74) is 4.60. The first kappa shape index (κ1) is 20.2. The van der Waals surface area contributed by atoms with Crippen LogP contribution in [0.1, 0.15) is 35.6 Å². The number of hydrogen-bond donors (Lipinski definition) is 1.